The largest absolute Gasteiger partial charge is 0.294 e. The third kappa shape index (κ3) is 3.85. The molecule has 0 aliphatic carbocycles. The summed E-state index contributed by atoms with van der Waals surface area (Å²) in [6.07, 6.45) is 4.54. The monoisotopic (exact) mass is 417 g/mol. The molecule has 0 N–H and O–H groups in total. The molecule has 0 fully saturated rings. The van der Waals surface area contributed by atoms with E-state index in [-0.39, 0.29) is 34.7 Å². The van der Waals surface area contributed by atoms with E-state index in [2.05, 4.69) is 17.0 Å². The van der Waals surface area contributed by atoms with Crippen molar-refractivity contribution >= 4 is 22.5 Å². The Balaban J connectivity index is 1.66. The van der Waals surface area contributed by atoms with Crippen LogP contribution in [-0.4, -0.2) is 30.0 Å². The SMILES string of the molecule is CCCc1ccc(C(=O)Cn2cnc3c(cnn3-c3ccccc3[N+](=O)[O-])c2=O)cc1. The van der Waals surface area contributed by atoms with E-state index in [0.29, 0.717) is 5.56 Å². The van der Waals surface area contributed by atoms with Crippen molar-refractivity contribution in [2.45, 2.75) is 26.3 Å². The molecule has 2 heterocycles. The smallest absolute Gasteiger partial charge is 0.292 e. The number of nitro groups is 1. The topological polar surface area (TPSA) is 113 Å². The van der Waals surface area contributed by atoms with Crippen molar-refractivity contribution < 1.29 is 9.72 Å². The fourth-order valence-corrected chi connectivity index (χ4v) is 3.43. The Morgan fingerprint density at radius 1 is 1.13 bits per heavy atom. The van der Waals surface area contributed by atoms with E-state index in [1.807, 2.05) is 12.1 Å². The highest BCUT2D eigenvalue weighted by atomic mass is 16.6. The average molecular weight is 417 g/mol. The van der Waals surface area contributed by atoms with Gasteiger partial charge in [-0.25, -0.2) is 9.67 Å². The van der Waals surface area contributed by atoms with Crippen LogP contribution in [0.5, 0.6) is 0 Å². The molecule has 0 saturated heterocycles. The van der Waals surface area contributed by atoms with Gasteiger partial charge in [0.25, 0.3) is 11.2 Å². The maximum Gasteiger partial charge on any atom is 0.294 e. The quantitative estimate of drug-likeness (QED) is 0.259. The molecule has 9 nitrogen and oxygen atoms in total. The summed E-state index contributed by atoms with van der Waals surface area (Å²) >= 11 is 0. The summed E-state index contributed by atoms with van der Waals surface area (Å²) in [6, 6.07) is 13.4. The standard InChI is InChI=1S/C22H19N5O4/c1-2-5-15-8-10-16(11-9-15)20(28)13-25-14-23-21-17(22(25)29)12-24-26(21)18-6-3-4-7-19(18)27(30)31/h3-4,6-12,14H,2,5,13H2,1H3. The lowest BCUT2D eigenvalue weighted by molar-refractivity contribution is -0.384. The van der Waals surface area contributed by atoms with Crippen molar-refractivity contribution in [3.05, 3.63) is 92.7 Å². The average Bonchev–Trinajstić information content (AvgIpc) is 3.21. The van der Waals surface area contributed by atoms with Crippen LogP contribution in [0.15, 0.2) is 65.8 Å². The van der Waals surface area contributed by atoms with Crippen LogP contribution in [0.25, 0.3) is 16.7 Å². The predicted octanol–water partition coefficient (Wildman–Crippen LogP) is 3.33. The Hall–Kier alpha value is -4.14. The van der Waals surface area contributed by atoms with E-state index in [1.54, 1.807) is 24.3 Å². The zero-order valence-electron chi connectivity index (χ0n) is 16.8. The Morgan fingerprint density at radius 3 is 2.58 bits per heavy atom. The molecule has 4 rings (SSSR count). The number of carbonyl (C=O) groups is 1. The fourth-order valence-electron chi connectivity index (χ4n) is 3.43. The number of ketones is 1. The van der Waals surface area contributed by atoms with Gasteiger partial charge in [0.1, 0.15) is 17.4 Å². The first-order valence-electron chi connectivity index (χ1n) is 9.78. The Kier molecular flexibility index (Phi) is 5.40. The van der Waals surface area contributed by atoms with Crippen LogP contribution < -0.4 is 5.56 Å². The third-order valence-electron chi connectivity index (χ3n) is 4.99. The van der Waals surface area contributed by atoms with Crippen LogP contribution in [0.2, 0.25) is 0 Å². The number of hydrogen-bond acceptors (Lipinski definition) is 6. The first kappa shape index (κ1) is 20.1. The number of Topliss-reactive ketones (excluding diaryl/α,β-unsaturated/α-hetero) is 1. The number of fused-ring (bicyclic) bond motifs is 1. The number of hydrogen-bond donors (Lipinski definition) is 0. The van der Waals surface area contributed by atoms with Crippen molar-refractivity contribution in [2.24, 2.45) is 0 Å². The number of rotatable bonds is 7. The van der Waals surface area contributed by atoms with E-state index >= 15 is 0 Å². The van der Waals surface area contributed by atoms with Crippen LogP contribution in [0.3, 0.4) is 0 Å². The molecule has 31 heavy (non-hydrogen) atoms. The molecular weight excluding hydrogens is 398 g/mol. The summed E-state index contributed by atoms with van der Waals surface area (Å²) in [7, 11) is 0. The van der Waals surface area contributed by atoms with Gasteiger partial charge in [0.2, 0.25) is 0 Å². The van der Waals surface area contributed by atoms with Crippen LogP contribution in [0.1, 0.15) is 29.3 Å². The third-order valence-corrected chi connectivity index (χ3v) is 4.99. The van der Waals surface area contributed by atoms with Gasteiger partial charge >= 0.3 is 0 Å². The summed E-state index contributed by atoms with van der Waals surface area (Å²) in [6.45, 7) is 1.93. The van der Waals surface area contributed by atoms with Gasteiger partial charge in [0.05, 0.1) is 17.7 Å². The van der Waals surface area contributed by atoms with Gasteiger partial charge in [-0.15, -0.1) is 0 Å². The lowest BCUT2D eigenvalue weighted by atomic mass is 10.1. The number of aryl methyl sites for hydroxylation is 1. The number of nitrogens with zero attached hydrogens (tertiary/aromatic N) is 5. The summed E-state index contributed by atoms with van der Waals surface area (Å²) in [4.78, 5) is 40.6. The summed E-state index contributed by atoms with van der Waals surface area (Å²) in [5.74, 6) is -0.211. The second kappa shape index (κ2) is 8.31. The minimum Gasteiger partial charge on any atom is -0.292 e. The van der Waals surface area contributed by atoms with Gasteiger partial charge in [0, 0.05) is 11.6 Å². The zero-order chi connectivity index (χ0) is 22.0. The lowest BCUT2D eigenvalue weighted by Gasteiger charge is -2.07. The molecule has 2 aromatic heterocycles. The van der Waals surface area contributed by atoms with Crippen molar-refractivity contribution in [3.63, 3.8) is 0 Å². The Morgan fingerprint density at radius 2 is 1.87 bits per heavy atom. The molecule has 9 heteroatoms. The number of para-hydroxylation sites is 2. The van der Waals surface area contributed by atoms with E-state index in [9.17, 15) is 19.7 Å². The van der Waals surface area contributed by atoms with Gasteiger partial charge in [-0.1, -0.05) is 49.7 Å². The molecule has 0 atom stereocenters. The Bertz CT molecular complexity index is 1340. The number of benzene rings is 2. The number of aromatic nitrogens is 4. The highest BCUT2D eigenvalue weighted by Gasteiger charge is 2.19. The molecule has 0 saturated carbocycles. The molecule has 0 radical (unpaired) electrons. The number of nitro benzene ring substituents is 1. The maximum atomic E-state index is 12.9. The molecule has 2 aromatic carbocycles. The molecule has 0 aliphatic rings. The highest BCUT2D eigenvalue weighted by molar-refractivity contribution is 5.96. The molecule has 0 spiro atoms. The van der Waals surface area contributed by atoms with Gasteiger partial charge in [0.15, 0.2) is 11.4 Å². The zero-order valence-corrected chi connectivity index (χ0v) is 16.8. The molecule has 0 unspecified atom stereocenters. The predicted molar refractivity (Wildman–Crippen MR) is 115 cm³/mol. The fraction of sp³-hybridized carbons (Fsp3) is 0.182. The minimum absolute atomic E-state index is 0.153. The molecule has 0 bridgehead atoms. The molecule has 4 aromatic rings. The summed E-state index contributed by atoms with van der Waals surface area (Å²) in [5, 5.41) is 15.6. The van der Waals surface area contributed by atoms with Crippen LogP contribution in [0, 0.1) is 10.1 Å². The second-order valence-electron chi connectivity index (χ2n) is 7.09. The first-order chi connectivity index (χ1) is 15.0. The normalized spacial score (nSPS) is 11.0. The summed E-state index contributed by atoms with van der Waals surface area (Å²) < 4.78 is 2.48. The van der Waals surface area contributed by atoms with Crippen LogP contribution >= 0.6 is 0 Å². The van der Waals surface area contributed by atoms with Crippen molar-refractivity contribution in [3.8, 4) is 5.69 Å². The minimum atomic E-state index is -0.519. The van der Waals surface area contributed by atoms with E-state index in [4.69, 9.17) is 0 Å². The van der Waals surface area contributed by atoms with Gasteiger partial charge in [-0.3, -0.25) is 24.3 Å². The van der Waals surface area contributed by atoms with Crippen LogP contribution in [0.4, 0.5) is 5.69 Å². The molecule has 156 valence electrons. The molecule has 0 amide bonds. The van der Waals surface area contributed by atoms with E-state index in [1.165, 1.54) is 33.9 Å². The second-order valence-corrected chi connectivity index (χ2v) is 7.09. The van der Waals surface area contributed by atoms with Crippen molar-refractivity contribution in [2.75, 3.05) is 0 Å². The first-order valence-corrected chi connectivity index (χ1v) is 9.78. The Labute approximate surface area is 176 Å². The number of carbonyl (C=O) groups excluding carboxylic acids is 1. The maximum absolute atomic E-state index is 12.9. The van der Waals surface area contributed by atoms with Gasteiger partial charge < -0.3 is 0 Å². The van der Waals surface area contributed by atoms with Crippen LogP contribution in [-0.2, 0) is 13.0 Å². The highest BCUT2D eigenvalue weighted by Crippen LogP contribution is 2.23. The van der Waals surface area contributed by atoms with Crippen molar-refractivity contribution in [1.82, 2.24) is 19.3 Å². The molecular formula is C22H19N5O4. The van der Waals surface area contributed by atoms with Gasteiger partial charge in [-0.05, 0) is 18.1 Å². The van der Waals surface area contributed by atoms with E-state index < -0.39 is 10.5 Å². The van der Waals surface area contributed by atoms with Crippen molar-refractivity contribution in [1.29, 1.82) is 0 Å². The lowest BCUT2D eigenvalue weighted by Crippen LogP contribution is -2.24. The van der Waals surface area contributed by atoms with E-state index in [0.717, 1.165) is 18.4 Å². The van der Waals surface area contributed by atoms with Gasteiger partial charge in [-0.2, -0.15) is 5.10 Å². The summed E-state index contributed by atoms with van der Waals surface area (Å²) in [5.41, 5.74) is 1.47. The molecule has 0 aliphatic heterocycles.